The largest absolute Gasteiger partial charge is 0.497 e. The van der Waals surface area contributed by atoms with E-state index in [1.807, 2.05) is 61.5 Å². The van der Waals surface area contributed by atoms with E-state index in [0.29, 0.717) is 34.6 Å². The molecular weight excluding hydrogens is 639 g/mol. The van der Waals surface area contributed by atoms with Crippen LogP contribution in [0.4, 0.5) is 0 Å². The van der Waals surface area contributed by atoms with E-state index < -0.39 is 55.1 Å². The van der Waals surface area contributed by atoms with E-state index >= 15 is 0 Å². The zero-order valence-electron chi connectivity index (χ0n) is 26.7. The molecule has 3 aromatic carbocycles. The topological polar surface area (TPSA) is 170 Å². The number of aliphatic hydroxyl groups is 1. The Morgan fingerprint density at radius 2 is 1.52 bits per heavy atom. The molecule has 0 unspecified atom stereocenters. The van der Waals surface area contributed by atoms with Crippen molar-refractivity contribution in [1.29, 1.82) is 0 Å². The van der Waals surface area contributed by atoms with Gasteiger partial charge < -0.3 is 33.8 Å². The summed E-state index contributed by atoms with van der Waals surface area (Å²) in [5, 5.41) is 8.88. The van der Waals surface area contributed by atoms with Gasteiger partial charge in [0.05, 0.1) is 20.8 Å². The first-order valence-electron chi connectivity index (χ1n) is 15.2. The minimum Gasteiger partial charge on any atom is -0.497 e. The fraction of sp³-hybridized carbons (Fsp3) is 0.314. The van der Waals surface area contributed by atoms with E-state index in [-0.39, 0.29) is 5.56 Å². The Bertz CT molecular complexity index is 1890. The molecular formula is C35H37N2O10P. The minimum atomic E-state index is -5.31. The third kappa shape index (κ3) is 6.75. The maximum atomic E-state index is 12.9. The first-order chi connectivity index (χ1) is 23.0. The van der Waals surface area contributed by atoms with Crippen molar-refractivity contribution in [3.8, 4) is 23.3 Å². The molecule has 5 rings (SSSR count). The maximum Gasteiger partial charge on any atom is 0.359 e. The lowest BCUT2D eigenvalue weighted by molar-refractivity contribution is -0.105. The van der Waals surface area contributed by atoms with Gasteiger partial charge >= 0.3 is 13.3 Å². The van der Waals surface area contributed by atoms with Crippen LogP contribution in [0.15, 0.2) is 94.6 Å². The van der Waals surface area contributed by atoms with Crippen LogP contribution in [-0.2, 0) is 19.6 Å². The summed E-state index contributed by atoms with van der Waals surface area (Å²) >= 11 is 0. The van der Waals surface area contributed by atoms with Crippen molar-refractivity contribution in [2.75, 3.05) is 20.8 Å². The number of nitrogens with one attached hydrogen (secondary N) is 1. The zero-order chi connectivity index (χ0) is 34.5. The van der Waals surface area contributed by atoms with Gasteiger partial charge in [0.25, 0.3) is 5.56 Å². The van der Waals surface area contributed by atoms with Crippen LogP contribution < -0.4 is 20.7 Å². The highest BCUT2D eigenvalue weighted by Crippen LogP contribution is 2.59. The lowest BCUT2D eigenvalue weighted by atomic mass is 9.80. The standard InChI is InChI=1S/C35H37N2O10P/c1-4-5-7-10-24-22-37(33(39)36-32(24)38)31-21-34(40,48(41,42)43)30(47-31)23-46-35(25-11-8-6-9-12-25,26-13-17-28(44-2)18-14-26)27-15-19-29(45-3)20-16-27/h6,8-9,11-20,22,30-31,40H,4-5,21,23H2,1-3H3,(H,36,38,39)(H2,41,42,43)/t30-,31-,34-/m1/s1. The average Bonchev–Trinajstić information content (AvgIpc) is 3.44. The van der Waals surface area contributed by atoms with Crippen LogP contribution in [0.25, 0.3) is 0 Å². The SMILES string of the molecule is CCCC#Cc1cn([C@H]2C[C@@](O)(P(=O)(O)O)[C@@H](COC(c3ccccc3)(c3ccc(OC)cc3)c3ccc(OC)cc3)O2)c(=O)[nH]c1=O. The lowest BCUT2D eigenvalue weighted by Gasteiger charge is -2.38. The number of aromatic amines is 1. The third-order valence-corrected chi connectivity index (χ3v) is 9.80. The molecule has 0 aliphatic carbocycles. The highest BCUT2D eigenvalue weighted by Gasteiger charge is 2.60. The molecule has 13 heteroatoms. The number of rotatable bonds is 11. The summed E-state index contributed by atoms with van der Waals surface area (Å²) in [6.07, 6.45) is -1.24. The second-order valence-corrected chi connectivity index (χ2v) is 13.1. The number of nitrogens with zero attached hydrogens (tertiary/aromatic N) is 1. The summed E-state index contributed by atoms with van der Waals surface area (Å²) in [5.41, 5.74) is -1.09. The Kier molecular flexibility index (Phi) is 10.4. The number of hydrogen-bond donors (Lipinski definition) is 4. The van der Waals surface area contributed by atoms with Gasteiger partial charge in [-0.25, -0.2) is 4.79 Å². The normalized spacial score (nSPS) is 19.4. The fourth-order valence-corrected chi connectivity index (χ4v) is 6.63. The molecule has 4 N–H and O–H groups in total. The van der Waals surface area contributed by atoms with E-state index in [9.17, 15) is 29.0 Å². The van der Waals surface area contributed by atoms with Gasteiger partial charge in [-0.15, -0.1) is 0 Å². The molecule has 1 aliphatic heterocycles. The Balaban J connectivity index is 1.61. The van der Waals surface area contributed by atoms with Gasteiger partial charge in [-0.1, -0.05) is 73.4 Å². The summed E-state index contributed by atoms with van der Waals surface area (Å²) < 4.78 is 37.4. The molecule has 252 valence electrons. The van der Waals surface area contributed by atoms with E-state index in [4.69, 9.17) is 18.9 Å². The van der Waals surface area contributed by atoms with Crippen LogP contribution >= 0.6 is 7.60 Å². The van der Waals surface area contributed by atoms with Crippen LogP contribution in [0.3, 0.4) is 0 Å². The molecule has 48 heavy (non-hydrogen) atoms. The van der Waals surface area contributed by atoms with Crippen molar-refractivity contribution in [1.82, 2.24) is 9.55 Å². The average molecular weight is 677 g/mol. The van der Waals surface area contributed by atoms with Gasteiger partial charge in [-0.2, -0.15) is 0 Å². The number of H-pyrrole nitrogens is 1. The highest BCUT2D eigenvalue weighted by molar-refractivity contribution is 7.53. The molecule has 12 nitrogen and oxygen atoms in total. The van der Waals surface area contributed by atoms with E-state index in [0.717, 1.165) is 11.0 Å². The summed E-state index contributed by atoms with van der Waals surface area (Å²) in [7, 11) is -2.22. The number of unbranched alkanes of at least 4 members (excludes halogenated alkanes) is 1. The Morgan fingerprint density at radius 1 is 0.958 bits per heavy atom. The first kappa shape index (κ1) is 34.9. The smallest absolute Gasteiger partial charge is 0.359 e. The predicted octanol–water partition coefficient (Wildman–Crippen LogP) is 3.87. The van der Waals surface area contributed by atoms with E-state index in [1.165, 1.54) is 6.20 Å². The number of hydrogen-bond acceptors (Lipinski definition) is 8. The van der Waals surface area contributed by atoms with Gasteiger partial charge in [0, 0.05) is 19.0 Å². The lowest BCUT2D eigenvalue weighted by Crippen LogP contribution is -2.44. The number of benzene rings is 3. The zero-order valence-corrected chi connectivity index (χ0v) is 27.6. The monoisotopic (exact) mass is 676 g/mol. The van der Waals surface area contributed by atoms with Crippen molar-refractivity contribution < 1.29 is 38.4 Å². The van der Waals surface area contributed by atoms with E-state index in [2.05, 4.69) is 16.8 Å². The maximum absolute atomic E-state index is 12.9. The quantitative estimate of drug-likeness (QED) is 0.104. The highest BCUT2D eigenvalue weighted by atomic mass is 31.2. The van der Waals surface area contributed by atoms with Crippen LogP contribution in [0.1, 0.15) is 54.7 Å². The van der Waals surface area contributed by atoms with Crippen LogP contribution in [0.2, 0.25) is 0 Å². The molecule has 0 radical (unpaired) electrons. The van der Waals surface area contributed by atoms with Gasteiger partial charge in [0.1, 0.15) is 35.0 Å². The molecule has 4 aromatic rings. The second-order valence-electron chi connectivity index (χ2n) is 11.3. The Hall–Kier alpha value is -4.47. The van der Waals surface area contributed by atoms with Crippen molar-refractivity contribution in [3.05, 3.63) is 128 Å². The minimum absolute atomic E-state index is 0.0341. The fourth-order valence-electron chi connectivity index (χ4n) is 5.72. The number of ether oxygens (including phenoxy) is 4. The van der Waals surface area contributed by atoms with Gasteiger partial charge in [-0.3, -0.25) is 18.9 Å². The van der Waals surface area contributed by atoms with Crippen molar-refractivity contribution in [2.24, 2.45) is 0 Å². The van der Waals surface area contributed by atoms with E-state index in [1.54, 1.807) is 38.5 Å². The van der Waals surface area contributed by atoms with Crippen molar-refractivity contribution in [3.63, 3.8) is 0 Å². The molecule has 0 saturated carbocycles. The molecule has 1 saturated heterocycles. The van der Waals surface area contributed by atoms with Crippen molar-refractivity contribution >= 4 is 7.60 Å². The molecule has 1 aromatic heterocycles. The molecule has 0 bridgehead atoms. The molecule has 1 fully saturated rings. The first-order valence-corrected chi connectivity index (χ1v) is 16.8. The molecule has 2 heterocycles. The second kappa shape index (κ2) is 14.3. The molecule has 3 atom stereocenters. The van der Waals surface area contributed by atoms with Gasteiger partial charge in [0.15, 0.2) is 5.34 Å². The molecule has 0 amide bonds. The molecule has 0 spiro atoms. The summed E-state index contributed by atoms with van der Waals surface area (Å²) in [4.78, 5) is 48.4. The third-order valence-electron chi connectivity index (χ3n) is 8.32. The van der Waals surface area contributed by atoms with Crippen LogP contribution in [0, 0.1) is 11.8 Å². The Labute approximate surface area is 277 Å². The number of methoxy groups -OCH3 is 2. The summed E-state index contributed by atoms with van der Waals surface area (Å²) in [5.74, 6) is 6.75. The number of aromatic nitrogens is 2. The van der Waals surface area contributed by atoms with Gasteiger partial charge in [-0.05, 0) is 47.4 Å². The predicted molar refractivity (Wildman–Crippen MR) is 177 cm³/mol. The van der Waals surface area contributed by atoms with Crippen molar-refractivity contribution in [2.45, 2.75) is 49.5 Å². The van der Waals surface area contributed by atoms with Gasteiger partial charge in [0.2, 0.25) is 0 Å². The Morgan fingerprint density at radius 3 is 2.04 bits per heavy atom. The summed E-state index contributed by atoms with van der Waals surface area (Å²) in [6.45, 7) is 1.39. The van der Waals surface area contributed by atoms with Crippen LogP contribution in [-0.4, -0.2) is 56.7 Å². The van der Waals surface area contributed by atoms with Crippen LogP contribution in [0.5, 0.6) is 11.5 Å². The molecule has 1 aliphatic rings. The summed E-state index contributed by atoms with van der Waals surface area (Å²) in [6, 6.07) is 23.5.